The van der Waals surface area contributed by atoms with Crippen molar-refractivity contribution in [3.63, 3.8) is 0 Å². The molecule has 0 aliphatic rings. The highest BCUT2D eigenvalue weighted by Gasteiger charge is 2.10. The average molecular weight is 274 g/mol. The van der Waals surface area contributed by atoms with Gasteiger partial charge in [0.1, 0.15) is 12.2 Å². The van der Waals surface area contributed by atoms with Gasteiger partial charge in [0.05, 0.1) is 0 Å². The summed E-state index contributed by atoms with van der Waals surface area (Å²) < 4.78 is 0. The molecule has 0 saturated carbocycles. The number of aromatic amines is 1. The lowest BCUT2D eigenvalue weighted by atomic mass is 10.1. The molecule has 2 aromatic rings. The zero-order chi connectivity index (χ0) is 14.7. The Morgan fingerprint density at radius 2 is 2.15 bits per heavy atom. The molecule has 104 valence electrons. The maximum absolute atomic E-state index is 11.1. The van der Waals surface area contributed by atoms with Gasteiger partial charge in [0.25, 0.3) is 0 Å². The van der Waals surface area contributed by atoms with Crippen LogP contribution >= 0.6 is 0 Å². The van der Waals surface area contributed by atoms with Crippen molar-refractivity contribution < 1.29 is 14.7 Å². The van der Waals surface area contributed by atoms with Gasteiger partial charge in [0.2, 0.25) is 5.91 Å². The number of H-pyrrole nitrogens is 1. The van der Waals surface area contributed by atoms with Gasteiger partial charge in [-0.25, -0.2) is 4.98 Å². The summed E-state index contributed by atoms with van der Waals surface area (Å²) in [5.74, 6) is -0.454. The summed E-state index contributed by atoms with van der Waals surface area (Å²) in [5, 5.41) is 18.0. The summed E-state index contributed by atoms with van der Waals surface area (Å²) in [5.41, 5.74) is 2.30. The summed E-state index contributed by atoms with van der Waals surface area (Å²) in [7, 11) is 0. The Morgan fingerprint density at radius 1 is 1.40 bits per heavy atom. The lowest BCUT2D eigenvalue weighted by Crippen LogP contribution is -2.07. The van der Waals surface area contributed by atoms with Crippen LogP contribution in [0.3, 0.4) is 0 Å². The fourth-order valence-electron chi connectivity index (χ4n) is 1.73. The number of nitrogens with zero attached hydrogens (tertiary/aromatic N) is 2. The Kier molecular flexibility index (Phi) is 3.79. The third kappa shape index (κ3) is 3.19. The quantitative estimate of drug-likeness (QED) is 0.780. The minimum atomic E-state index is -0.976. The van der Waals surface area contributed by atoms with Crippen LogP contribution < -0.4 is 5.32 Å². The van der Waals surface area contributed by atoms with Gasteiger partial charge in [-0.1, -0.05) is 12.1 Å². The number of aliphatic carboxylic acids is 1. The number of anilines is 1. The minimum Gasteiger partial charge on any atom is -0.481 e. The van der Waals surface area contributed by atoms with E-state index in [9.17, 15) is 9.59 Å². The third-order valence-electron chi connectivity index (χ3n) is 2.66. The molecular weight excluding hydrogens is 260 g/mol. The molecule has 1 aromatic heterocycles. The smallest absolute Gasteiger partial charge is 0.311 e. The molecule has 0 unspecified atom stereocenters. The molecule has 7 nitrogen and oxygen atoms in total. The lowest BCUT2D eigenvalue weighted by molar-refractivity contribution is -0.136. The molecular formula is C13H14N4O3. The molecule has 1 amide bonds. The standard InChI is InChI=1S/C13H14N4O3/c1-7-3-4-9(5-10(7)14-8(2)18)13-15-11(16-17-13)6-12(19)20/h3-5H,6H2,1-2H3,(H,14,18)(H,19,20)(H,15,16,17). The van der Waals surface area contributed by atoms with Gasteiger partial charge in [0.15, 0.2) is 5.82 Å². The van der Waals surface area contributed by atoms with Crippen molar-refractivity contribution in [3.8, 4) is 11.4 Å². The highest BCUT2D eigenvalue weighted by Crippen LogP contribution is 2.23. The van der Waals surface area contributed by atoms with Crippen molar-refractivity contribution in [1.82, 2.24) is 15.2 Å². The largest absolute Gasteiger partial charge is 0.481 e. The number of hydrogen-bond donors (Lipinski definition) is 3. The number of hydrogen-bond acceptors (Lipinski definition) is 4. The van der Waals surface area contributed by atoms with Gasteiger partial charge in [-0.3, -0.25) is 14.7 Å². The zero-order valence-corrected chi connectivity index (χ0v) is 11.1. The van der Waals surface area contributed by atoms with E-state index in [4.69, 9.17) is 5.11 Å². The number of aromatic nitrogens is 3. The summed E-state index contributed by atoms with van der Waals surface area (Å²) in [6, 6.07) is 5.41. The van der Waals surface area contributed by atoms with Crippen LogP contribution in [0, 0.1) is 6.92 Å². The van der Waals surface area contributed by atoms with Crippen molar-refractivity contribution in [2.45, 2.75) is 20.3 Å². The van der Waals surface area contributed by atoms with Crippen LogP contribution in [0.5, 0.6) is 0 Å². The molecule has 7 heteroatoms. The number of carboxylic acids is 1. The van der Waals surface area contributed by atoms with Gasteiger partial charge in [-0.05, 0) is 18.6 Å². The molecule has 20 heavy (non-hydrogen) atoms. The maximum atomic E-state index is 11.1. The van der Waals surface area contributed by atoms with E-state index in [0.29, 0.717) is 17.1 Å². The normalized spacial score (nSPS) is 10.3. The van der Waals surface area contributed by atoms with E-state index in [-0.39, 0.29) is 18.2 Å². The summed E-state index contributed by atoms with van der Waals surface area (Å²) in [6.45, 7) is 3.31. The van der Waals surface area contributed by atoms with Crippen molar-refractivity contribution >= 4 is 17.6 Å². The number of aryl methyl sites for hydroxylation is 1. The van der Waals surface area contributed by atoms with E-state index < -0.39 is 5.97 Å². The first-order valence-corrected chi connectivity index (χ1v) is 5.97. The van der Waals surface area contributed by atoms with Crippen LogP contribution in [0.25, 0.3) is 11.4 Å². The molecule has 3 N–H and O–H groups in total. The van der Waals surface area contributed by atoms with Crippen LogP contribution in [0.4, 0.5) is 5.69 Å². The van der Waals surface area contributed by atoms with Gasteiger partial charge in [-0.2, -0.15) is 5.10 Å². The predicted octanol–water partition coefficient (Wildman–Crippen LogP) is 1.37. The molecule has 0 aliphatic carbocycles. The topological polar surface area (TPSA) is 108 Å². The van der Waals surface area contributed by atoms with Crippen LogP contribution in [0.1, 0.15) is 18.3 Å². The van der Waals surface area contributed by atoms with E-state index in [1.54, 1.807) is 6.07 Å². The van der Waals surface area contributed by atoms with E-state index in [1.807, 2.05) is 19.1 Å². The molecule has 0 bridgehead atoms. The molecule has 2 rings (SSSR count). The first-order valence-electron chi connectivity index (χ1n) is 5.97. The number of amides is 1. The molecule has 0 spiro atoms. The van der Waals surface area contributed by atoms with Crippen LogP contribution in [-0.2, 0) is 16.0 Å². The van der Waals surface area contributed by atoms with Crippen molar-refractivity contribution in [2.75, 3.05) is 5.32 Å². The zero-order valence-electron chi connectivity index (χ0n) is 11.1. The Labute approximate surface area is 115 Å². The van der Waals surface area contributed by atoms with Crippen LogP contribution in [0.15, 0.2) is 18.2 Å². The van der Waals surface area contributed by atoms with E-state index in [0.717, 1.165) is 5.56 Å². The van der Waals surface area contributed by atoms with Gasteiger partial charge >= 0.3 is 5.97 Å². The maximum Gasteiger partial charge on any atom is 0.311 e. The number of carbonyl (C=O) groups excluding carboxylic acids is 1. The number of carboxylic acid groups (broad SMARTS) is 1. The molecule has 0 saturated heterocycles. The highest BCUT2D eigenvalue weighted by atomic mass is 16.4. The van der Waals surface area contributed by atoms with Crippen molar-refractivity contribution in [3.05, 3.63) is 29.6 Å². The molecule has 0 fully saturated rings. The Balaban J connectivity index is 2.30. The van der Waals surface area contributed by atoms with Crippen LogP contribution in [0.2, 0.25) is 0 Å². The van der Waals surface area contributed by atoms with E-state index in [2.05, 4.69) is 20.5 Å². The number of benzene rings is 1. The highest BCUT2D eigenvalue weighted by molar-refractivity contribution is 5.90. The average Bonchev–Trinajstić information content (AvgIpc) is 2.79. The first-order chi connectivity index (χ1) is 9.45. The molecule has 1 aromatic carbocycles. The third-order valence-corrected chi connectivity index (χ3v) is 2.66. The second kappa shape index (κ2) is 5.52. The first kappa shape index (κ1) is 13.7. The monoisotopic (exact) mass is 274 g/mol. The second-order valence-electron chi connectivity index (χ2n) is 4.39. The molecule has 1 heterocycles. The Hall–Kier alpha value is -2.70. The Morgan fingerprint density at radius 3 is 2.80 bits per heavy atom. The van der Waals surface area contributed by atoms with Crippen molar-refractivity contribution in [1.29, 1.82) is 0 Å². The summed E-state index contributed by atoms with van der Waals surface area (Å²) >= 11 is 0. The molecule has 0 radical (unpaired) electrons. The Bertz CT molecular complexity index is 663. The van der Waals surface area contributed by atoms with Crippen LogP contribution in [-0.4, -0.2) is 32.2 Å². The molecule has 0 atom stereocenters. The minimum absolute atomic E-state index is 0.160. The predicted molar refractivity (Wildman–Crippen MR) is 72.2 cm³/mol. The summed E-state index contributed by atoms with van der Waals surface area (Å²) in [6.07, 6.45) is -0.211. The lowest BCUT2D eigenvalue weighted by Gasteiger charge is -2.07. The fraction of sp³-hybridized carbons (Fsp3) is 0.231. The number of rotatable bonds is 4. The molecule has 0 aliphatic heterocycles. The SMILES string of the molecule is CC(=O)Nc1cc(-c2n[nH]c(CC(=O)O)n2)ccc1C. The second-order valence-corrected chi connectivity index (χ2v) is 4.39. The van der Waals surface area contributed by atoms with E-state index >= 15 is 0 Å². The van der Waals surface area contributed by atoms with Crippen molar-refractivity contribution in [2.24, 2.45) is 0 Å². The fourth-order valence-corrected chi connectivity index (χ4v) is 1.73. The van der Waals surface area contributed by atoms with Gasteiger partial charge in [-0.15, -0.1) is 0 Å². The van der Waals surface area contributed by atoms with Gasteiger partial charge < -0.3 is 10.4 Å². The summed E-state index contributed by atoms with van der Waals surface area (Å²) in [4.78, 5) is 25.8. The number of nitrogens with one attached hydrogen (secondary N) is 2. The van der Waals surface area contributed by atoms with Gasteiger partial charge in [0, 0.05) is 18.2 Å². The van der Waals surface area contributed by atoms with E-state index in [1.165, 1.54) is 6.92 Å². The number of carbonyl (C=O) groups is 2.